The minimum atomic E-state index is -0.311. The number of benzene rings is 2. The Balaban J connectivity index is 1.44. The second kappa shape index (κ2) is 8.10. The van der Waals surface area contributed by atoms with Crippen LogP contribution in [-0.4, -0.2) is 31.8 Å². The molecule has 2 aromatic heterocycles. The molecule has 0 unspecified atom stereocenters. The Morgan fingerprint density at radius 2 is 1.76 bits per heavy atom. The van der Waals surface area contributed by atoms with Gasteiger partial charge in [-0.25, -0.2) is 9.67 Å². The second-order valence-corrected chi connectivity index (χ2v) is 6.76. The summed E-state index contributed by atoms with van der Waals surface area (Å²) in [7, 11) is 0. The van der Waals surface area contributed by atoms with Crippen molar-refractivity contribution in [2.75, 3.05) is 6.54 Å². The summed E-state index contributed by atoms with van der Waals surface area (Å²) in [4.78, 5) is 29.1. The minimum absolute atomic E-state index is 0.216. The van der Waals surface area contributed by atoms with Crippen LogP contribution in [0, 0.1) is 6.92 Å². The van der Waals surface area contributed by atoms with Crippen molar-refractivity contribution in [2.45, 2.75) is 20.0 Å². The summed E-state index contributed by atoms with van der Waals surface area (Å²) < 4.78 is 3.37. The van der Waals surface area contributed by atoms with Crippen molar-refractivity contribution in [2.24, 2.45) is 0 Å². The number of aromatic nitrogens is 4. The first-order valence-corrected chi connectivity index (χ1v) is 9.44. The maximum atomic E-state index is 12.5. The first-order valence-electron chi connectivity index (χ1n) is 9.44. The Hall–Kier alpha value is -3.74. The maximum absolute atomic E-state index is 12.5. The SMILES string of the molecule is Cc1nc2ccccc2n1CCNC(=O)c1ccc(=O)n(Cc2ccccc2)n1. The third kappa shape index (κ3) is 4.08. The number of carbonyl (C=O) groups is 1. The number of amides is 1. The van der Waals surface area contributed by atoms with Crippen LogP contribution in [-0.2, 0) is 13.1 Å². The molecule has 0 saturated heterocycles. The molecule has 2 aromatic carbocycles. The van der Waals surface area contributed by atoms with Crippen LogP contribution in [0.4, 0.5) is 0 Å². The quantitative estimate of drug-likeness (QED) is 0.551. The number of para-hydroxylation sites is 2. The fourth-order valence-electron chi connectivity index (χ4n) is 3.29. The van der Waals surface area contributed by atoms with E-state index in [0.717, 1.165) is 22.4 Å². The molecule has 0 aliphatic carbocycles. The number of hydrogen-bond acceptors (Lipinski definition) is 4. The molecule has 7 heteroatoms. The van der Waals surface area contributed by atoms with Gasteiger partial charge in [-0.05, 0) is 30.7 Å². The number of rotatable bonds is 6. The molecule has 0 aliphatic rings. The van der Waals surface area contributed by atoms with Gasteiger partial charge in [-0.15, -0.1) is 0 Å². The summed E-state index contributed by atoms with van der Waals surface area (Å²) in [6.45, 7) is 3.30. The summed E-state index contributed by atoms with van der Waals surface area (Å²) in [6, 6.07) is 20.3. The topological polar surface area (TPSA) is 81.8 Å². The Kier molecular flexibility index (Phi) is 5.20. The second-order valence-electron chi connectivity index (χ2n) is 6.76. The molecule has 29 heavy (non-hydrogen) atoms. The van der Waals surface area contributed by atoms with E-state index >= 15 is 0 Å². The van der Waals surface area contributed by atoms with Crippen LogP contribution in [0.1, 0.15) is 21.9 Å². The lowest BCUT2D eigenvalue weighted by Gasteiger charge is -2.10. The van der Waals surface area contributed by atoms with E-state index in [1.807, 2.05) is 61.5 Å². The molecule has 0 saturated carbocycles. The summed E-state index contributed by atoms with van der Waals surface area (Å²) in [5.41, 5.74) is 2.89. The molecule has 1 amide bonds. The highest BCUT2D eigenvalue weighted by Crippen LogP contribution is 2.14. The molecule has 1 N–H and O–H groups in total. The van der Waals surface area contributed by atoms with Gasteiger partial charge in [-0.1, -0.05) is 42.5 Å². The summed E-state index contributed by atoms with van der Waals surface area (Å²) in [6.07, 6.45) is 0. The van der Waals surface area contributed by atoms with Gasteiger partial charge in [-0.2, -0.15) is 5.10 Å². The van der Waals surface area contributed by atoms with Crippen molar-refractivity contribution in [3.05, 3.63) is 94.2 Å². The molecule has 2 heterocycles. The highest BCUT2D eigenvalue weighted by atomic mass is 16.2. The monoisotopic (exact) mass is 387 g/mol. The summed E-state index contributed by atoms with van der Waals surface area (Å²) in [5, 5.41) is 7.10. The van der Waals surface area contributed by atoms with Crippen LogP contribution in [0.3, 0.4) is 0 Å². The zero-order valence-electron chi connectivity index (χ0n) is 16.1. The fourth-order valence-corrected chi connectivity index (χ4v) is 3.29. The minimum Gasteiger partial charge on any atom is -0.349 e. The zero-order valence-corrected chi connectivity index (χ0v) is 16.1. The predicted molar refractivity (Wildman–Crippen MR) is 111 cm³/mol. The van der Waals surface area contributed by atoms with Gasteiger partial charge in [-0.3, -0.25) is 9.59 Å². The van der Waals surface area contributed by atoms with Crippen molar-refractivity contribution >= 4 is 16.9 Å². The van der Waals surface area contributed by atoms with Crippen LogP contribution < -0.4 is 10.9 Å². The van der Waals surface area contributed by atoms with Crippen molar-refractivity contribution < 1.29 is 4.79 Å². The largest absolute Gasteiger partial charge is 0.349 e. The van der Waals surface area contributed by atoms with E-state index in [2.05, 4.69) is 20.0 Å². The van der Waals surface area contributed by atoms with Gasteiger partial charge in [0.05, 0.1) is 17.6 Å². The van der Waals surface area contributed by atoms with Crippen molar-refractivity contribution in [1.82, 2.24) is 24.6 Å². The molecule has 0 atom stereocenters. The van der Waals surface area contributed by atoms with Gasteiger partial charge in [0.25, 0.3) is 11.5 Å². The van der Waals surface area contributed by atoms with Gasteiger partial charge in [0.2, 0.25) is 0 Å². The Morgan fingerprint density at radius 1 is 1.00 bits per heavy atom. The van der Waals surface area contributed by atoms with Crippen LogP contribution in [0.15, 0.2) is 71.5 Å². The highest BCUT2D eigenvalue weighted by molar-refractivity contribution is 5.92. The molecule has 7 nitrogen and oxygen atoms in total. The standard InChI is InChI=1S/C22H21N5O2/c1-16-24-18-9-5-6-10-20(18)26(16)14-13-23-22(29)19-11-12-21(28)27(25-19)15-17-7-3-2-4-8-17/h2-12H,13-15H2,1H3,(H,23,29). The normalized spacial score (nSPS) is 10.9. The van der Waals surface area contributed by atoms with E-state index in [1.165, 1.54) is 16.8 Å². The Bertz CT molecular complexity index is 1210. The van der Waals surface area contributed by atoms with Crippen molar-refractivity contribution in [3.8, 4) is 0 Å². The summed E-state index contributed by atoms with van der Waals surface area (Å²) >= 11 is 0. The Morgan fingerprint density at radius 3 is 2.59 bits per heavy atom. The van der Waals surface area contributed by atoms with E-state index in [4.69, 9.17) is 0 Å². The smallest absolute Gasteiger partial charge is 0.271 e. The molecule has 0 spiro atoms. The van der Waals surface area contributed by atoms with E-state index in [-0.39, 0.29) is 17.2 Å². The molecular weight excluding hydrogens is 366 g/mol. The molecule has 0 radical (unpaired) electrons. The first kappa shape index (κ1) is 18.6. The first-order chi connectivity index (χ1) is 14.1. The number of carbonyl (C=O) groups excluding carboxylic acids is 1. The zero-order chi connectivity index (χ0) is 20.2. The van der Waals surface area contributed by atoms with Crippen molar-refractivity contribution in [1.29, 1.82) is 0 Å². The van der Waals surface area contributed by atoms with Gasteiger partial charge in [0, 0.05) is 19.2 Å². The average Bonchev–Trinajstić information content (AvgIpc) is 3.05. The number of nitrogens with one attached hydrogen (secondary N) is 1. The molecule has 0 fully saturated rings. The predicted octanol–water partition coefficient (Wildman–Crippen LogP) is 2.38. The molecular formula is C22H21N5O2. The number of nitrogens with zero attached hydrogens (tertiary/aromatic N) is 4. The van der Waals surface area contributed by atoms with Crippen LogP contribution in [0.25, 0.3) is 11.0 Å². The average molecular weight is 387 g/mol. The molecule has 4 rings (SSSR count). The van der Waals surface area contributed by atoms with Gasteiger partial charge < -0.3 is 9.88 Å². The highest BCUT2D eigenvalue weighted by Gasteiger charge is 2.11. The van der Waals surface area contributed by atoms with Gasteiger partial charge >= 0.3 is 0 Å². The molecule has 146 valence electrons. The number of aryl methyl sites for hydroxylation is 1. The van der Waals surface area contributed by atoms with Crippen LogP contribution in [0.5, 0.6) is 0 Å². The van der Waals surface area contributed by atoms with Crippen LogP contribution in [0.2, 0.25) is 0 Å². The lowest BCUT2D eigenvalue weighted by Crippen LogP contribution is -2.31. The van der Waals surface area contributed by atoms with Crippen molar-refractivity contribution in [3.63, 3.8) is 0 Å². The number of hydrogen-bond donors (Lipinski definition) is 1. The third-order valence-electron chi connectivity index (χ3n) is 4.74. The van der Waals surface area contributed by atoms with Gasteiger partial charge in [0.1, 0.15) is 11.5 Å². The Labute approximate surface area is 167 Å². The molecule has 0 aliphatic heterocycles. The van der Waals surface area contributed by atoms with Crippen LogP contribution >= 0.6 is 0 Å². The van der Waals surface area contributed by atoms with Gasteiger partial charge in [0.15, 0.2) is 0 Å². The number of fused-ring (bicyclic) bond motifs is 1. The lowest BCUT2D eigenvalue weighted by molar-refractivity contribution is 0.0945. The third-order valence-corrected chi connectivity index (χ3v) is 4.74. The molecule has 0 bridgehead atoms. The maximum Gasteiger partial charge on any atom is 0.271 e. The van der Waals surface area contributed by atoms with E-state index < -0.39 is 0 Å². The van der Waals surface area contributed by atoms with E-state index in [9.17, 15) is 9.59 Å². The van der Waals surface area contributed by atoms with E-state index in [1.54, 1.807) is 0 Å². The number of imidazole rings is 1. The fraction of sp³-hybridized carbons (Fsp3) is 0.182. The lowest BCUT2D eigenvalue weighted by atomic mass is 10.2. The summed E-state index contributed by atoms with van der Waals surface area (Å²) in [5.74, 6) is 0.587. The molecule has 4 aromatic rings. The van der Waals surface area contributed by atoms with E-state index in [0.29, 0.717) is 19.6 Å².